The van der Waals surface area contributed by atoms with Crippen molar-refractivity contribution < 1.29 is 14.6 Å². The second kappa shape index (κ2) is 9.51. The molecule has 6 rings (SSSR count). The number of hydrogen-bond donors (Lipinski definition) is 2. The number of benzene rings is 2. The minimum atomic E-state index is -0.120. The first-order valence-corrected chi connectivity index (χ1v) is 13.9. The molecule has 2 aliphatic heterocycles. The molecule has 1 saturated carbocycles. The summed E-state index contributed by atoms with van der Waals surface area (Å²) in [5.41, 5.74) is 4.62. The largest absolute Gasteiger partial charge is 0.497 e. The van der Waals surface area contributed by atoms with Crippen molar-refractivity contribution in [1.29, 1.82) is 0 Å². The van der Waals surface area contributed by atoms with Crippen LogP contribution < -0.4 is 4.74 Å². The maximum absolute atomic E-state index is 13.0. The minimum absolute atomic E-state index is 0.0454. The Kier molecular flexibility index (Phi) is 6.34. The van der Waals surface area contributed by atoms with E-state index >= 15 is 0 Å². The maximum Gasteiger partial charge on any atom is 0.225 e. The molecule has 3 heterocycles. The van der Waals surface area contributed by atoms with Crippen LogP contribution in [0, 0.1) is 5.92 Å². The van der Waals surface area contributed by atoms with Gasteiger partial charge in [0, 0.05) is 64.6 Å². The van der Waals surface area contributed by atoms with Gasteiger partial charge >= 0.3 is 0 Å². The first-order chi connectivity index (χ1) is 17.5. The zero-order valence-electron chi connectivity index (χ0n) is 20.8. The number of methoxy groups -OCH3 is 1. The fourth-order valence-corrected chi connectivity index (χ4v) is 7.01. The van der Waals surface area contributed by atoms with Crippen molar-refractivity contribution in [2.24, 2.45) is 5.92 Å². The van der Waals surface area contributed by atoms with Crippen molar-refractivity contribution in [2.75, 3.05) is 33.4 Å². The standard InChI is InChI=1S/C29H34BrN3O3/c1-36-21-9-10-22-24(15-21)31-27-25(17-34)33(16-20-5-2-3-8-23(20)30)18-29(26(22)27)11-13-32(14-12-29)28(35)19-6-4-7-19/h2-3,5,8-10,15,19,25,31,34H,4,6-7,11-14,16-18H2,1H3. The predicted octanol–water partition coefficient (Wildman–Crippen LogP) is 5.15. The van der Waals surface area contributed by atoms with E-state index < -0.39 is 0 Å². The fourth-order valence-electron chi connectivity index (χ4n) is 6.60. The van der Waals surface area contributed by atoms with Gasteiger partial charge in [-0.15, -0.1) is 0 Å². The van der Waals surface area contributed by atoms with E-state index in [1.54, 1.807) is 7.11 Å². The predicted molar refractivity (Wildman–Crippen MR) is 144 cm³/mol. The molecule has 3 aromatic rings. The van der Waals surface area contributed by atoms with E-state index in [4.69, 9.17) is 4.74 Å². The second-order valence-corrected chi connectivity index (χ2v) is 11.6. The Morgan fingerprint density at radius 1 is 1.19 bits per heavy atom. The molecule has 6 nitrogen and oxygen atoms in total. The van der Waals surface area contributed by atoms with Crippen LogP contribution in [0.3, 0.4) is 0 Å². The van der Waals surface area contributed by atoms with Gasteiger partial charge in [0.25, 0.3) is 0 Å². The Hall–Kier alpha value is -2.35. The van der Waals surface area contributed by atoms with E-state index in [1.165, 1.54) is 22.9 Å². The van der Waals surface area contributed by atoms with Crippen LogP contribution >= 0.6 is 15.9 Å². The van der Waals surface area contributed by atoms with E-state index in [-0.39, 0.29) is 24.0 Å². The van der Waals surface area contributed by atoms with Gasteiger partial charge in [0.15, 0.2) is 0 Å². The van der Waals surface area contributed by atoms with Crippen LogP contribution in [0.1, 0.15) is 55.0 Å². The molecule has 2 aromatic carbocycles. The number of likely N-dealkylation sites (tertiary alicyclic amines) is 1. The first kappa shape index (κ1) is 24.0. The molecular weight excluding hydrogens is 518 g/mol. The maximum atomic E-state index is 13.0. The highest BCUT2D eigenvalue weighted by Crippen LogP contribution is 2.50. The molecule has 7 heteroatoms. The van der Waals surface area contributed by atoms with Crippen molar-refractivity contribution in [3.8, 4) is 5.75 Å². The van der Waals surface area contributed by atoms with E-state index in [2.05, 4.69) is 61.0 Å². The monoisotopic (exact) mass is 551 g/mol. The van der Waals surface area contributed by atoms with Crippen molar-refractivity contribution in [3.63, 3.8) is 0 Å². The second-order valence-electron chi connectivity index (χ2n) is 10.8. The average molecular weight is 553 g/mol. The number of aliphatic hydroxyl groups excluding tert-OH is 1. The van der Waals surface area contributed by atoms with Gasteiger partial charge in [-0.05, 0) is 55.0 Å². The topological polar surface area (TPSA) is 68.8 Å². The normalized spacial score (nSPS) is 22.0. The molecule has 0 bridgehead atoms. The number of rotatable bonds is 5. The Balaban J connectivity index is 1.40. The average Bonchev–Trinajstić information content (AvgIpc) is 3.24. The lowest BCUT2D eigenvalue weighted by Crippen LogP contribution is -2.55. The lowest BCUT2D eigenvalue weighted by Gasteiger charge is -2.51. The van der Waals surface area contributed by atoms with Crippen LogP contribution in [0.4, 0.5) is 0 Å². The molecule has 1 spiro atoms. The molecule has 2 N–H and O–H groups in total. The lowest BCUT2D eigenvalue weighted by molar-refractivity contribution is -0.140. The van der Waals surface area contributed by atoms with Crippen molar-refractivity contribution in [2.45, 2.75) is 50.1 Å². The number of fused-ring (bicyclic) bond motifs is 4. The number of aliphatic hydroxyl groups is 1. The van der Waals surface area contributed by atoms with Gasteiger partial charge in [0.05, 0.1) is 19.8 Å². The number of nitrogens with zero attached hydrogens (tertiary/aromatic N) is 2. The number of hydrogen-bond acceptors (Lipinski definition) is 4. The van der Waals surface area contributed by atoms with Crippen molar-refractivity contribution >= 4 is 32.7 Å². The summed E-state index contributed by atoms with van der Waals surface area (Å²) >= 11 is 3.72. The molecule has 2 fully saturated rings. The number of carbonyl (C=O) groups excluding carboxylic acids is 1. The highest BCUT2D eigenvalue weighted by atomic mass is 79.9. The van der Waals surface area contributed by atoms with Gasteiger partial charge < -0.3 is 19.7 Å². The number of nitrogens with one attached hydrogen (secondary N) is 1. The van der Waals surface area contributed by atoms with Gasteiger partial charge in [-0.1, -0.05) is 40.5 Å². The molecule has 1 unspecified atom stereocenters. The Morgan fingerprint density at radius 2 is 1.97 bits per heavy atom. The van der Waals surface area contributed by atoms with Crippen LogP contribution in [0.5, 0.6) is 5.75 Å². The van der Waals surface area contributed by atoms with Gasteiger partial charge in [-0.3, -0.25) is 9.69 Å². The highest BCUT2D eigenvalue weighted by Gasteiger charge is 2.48. The summed E-state index contributed by atoms with van der Waals surface area (Å²) in [6.07, 6.45) is 5.15. The SMILES string of the molecule is COc1ccc2c3c([nH]c2c1)C(CO)N(Cc1ccccc1Br)CC31CCN(C(=O)C2CCC2)CC1. The number of aromatic nitrogens is 1. The Morgan fingerprint density at radius 3 is 2.64 bits per heavy atom. The number of amides is 1. The molecule has 190 valence electrons. The number of halogens is 1. The van der Waals surface area contributed by atoms with Crippen LogP contribution in [-0.2, 0) is 16.8 Å². The molecule has 1 amide bonds. The molecule has 1 atom stereocenters. The van der Waals surface area contributed by atoms with Gasteiger partial charge in [-0.25, -0.2) is 0 Å². The molecule has 1 saturated heterocycles. The highest BCUT2D eigenvalue weighted by molar-refractivity contribution is 9.10. The molecule has 36 heavy (non-hydrogen) atoms. The fraction of sp³-hybridized carbons (Fsp3) is 0.483. The van der Waals surface area contributed by atoms with Crippen LogP contribution in [0.15, 0.2) is 46.9 Å². The Bertz CT molecular complexity index is 1280. The zero-order chi connectivity index (χ0) is 24.9. The van der Waals surface area contributed by atoms with E-state index in [0.29, 0.717) is 5.91 Å². The zero-order valence-corrected chi connectivity index (χ0v) is 22.4. The number of piperidine rings is 1. The molecule has 1 aliphatic carbocycles. The van der Waals surface area contributed by atoms with Crippen molar-refractivity contribution in [3.05, 3.63) is 63.8 Å². The third-order valence-corrected chi connectivity index (χ3v) is 9.61. The summed E-state index contributed by atoms with van der Waals surface area (Å²) in [6, 6.07) is 14.5. The molecule has 3 aliphatic rings. The van der Waals surface area contributed by atoms with Crippen LogP contribution in [-0.4, -0.2) is 59.1 Å². The summed E-state index contributed by atoms with van der Waals surface area (Å²) in [5.74, 6) is 1.42. The van der Waals surface area contributed by atoms with Gasteiger partial charge in [-0.2, -0.15) is 0 Å². The number of H-pyrrole nitrogens is 1. The Labute approximate surface area is 220 Å². The summed E-state index contributed by atoms with van der Waals surface area (Å²) in [7, 11) is 1.69. The first-order valence-electron chi connectivity index (χ1n) is 13.1. The number of aromatic amines is 1. The number of ether oxygens (including phenoxy) is 1. The molecule has 0 radical (unpaired) electrons. The van der Waals surface area contributed by atoms with Gasteiger partial charge in [0.1, 0.15) is 5.75 Å². The van der Waals surface area contributed by atoms with Crippen LogP contribution in [0.2, 0.25) is 0 Å². The quantitative estimate of drug-likeness (QED) is 0.460. The third kappa shape index (κ3) is 3.96. The third-order valence-electron chi connectivity index (χ3n) is 8.84. The van der Waals surface area contributed by atoms with E-state index in [0.717, 1.165) is 73.3 Å². The summed E-state index contributed by atoms with van der Waals surface area (Å²) in [6.45, 7) is 3.24. The summed E-state index contributed by atoms with van der Waals surface area (Å²) < 4.78 is 6.59. The minimum Gasteiger partial charge on any atom is -0.497 e. The molecular formula is C29H34BrN3O3. The van der Waals surface area contributed by atoms with Gasteiger partial charge in [0.2, 0.25) is 5.91 Å². The van der Waals surface area contributed by atoms with Crippen LogP contribution in [0.25, 0.3) is 10.9 Å². The van der Waals surface area contributed by atoms with Crippen molar-refractivity contribution in [1.82, 2.24) is 14.8 Å². The lowest BCUT2D eigenvalue weighted by atomic mass is 9.68. The smallest absolute Gasteiger partial charge is 0.225 e. The van der Waals surface area contributed by atoms with E-state index in [9.17, 15) is 9.90 Å². The number of carbonyl (C=O) groups is 1. The summed E-state index contributed by atoms with van der Waals surface area (Å²) in [4.78, 5) is 21.3. The summed E-state index contributed by atoms with van der Waals surface area (Å²) in [5, 5.41) is 11.8. The van der Waals surface area contributed by atoms with E-state index in [1.807, 2.05) is 12.1 Å². The molecule has 1 aromatic heterocycles.